The molecule has 0 aromatic rings. The maximum absolute atomic E-state index is 11.7. The van der Waals surface area contributed by atoms with E-state index >= 15 is 0 Å². The fraction of sp³-hybridized carbons (Fsp3) is 0.783. The average molecular weight is 407 g/mol. The first-order valence-electron chi connectivity index (χ1n) is 10.8. The van der Waals surface area contributed by atoms with E-state index in [4.69, 9.17) is 9.47 Å². The molecule has 3 aliphatic carbocycles. The van der Waals surface area contributed by atoms with Crippen LogP contribution in [-0.4, -0.2) is 28.6 Å². The van der Waals surface area contributed by atoms with Crippen molar-refractivity contribution in [3.63, 3.8) is 0 Å². The quantitative estimate of drug-likeness (QED) is 0.540. The van der Waals surface area contributed by atoms with Gasteiger partial charge in [-0.2, -0.15) is 0 Å². The highest BCUT2D eigenvalue weighted by Crippen LogP contribution is 2.65. The van der Waals surface area contributed by atoms with Crippen LogP contribution < -0.4 is 0 Å². The molecule has 29 heavy (non-hydrogen) atoms. The van der Waals surface area contributed by atoms with Gasteiger partial charge in [0, 0.05) is 25.7 Å². The highest BCUT2D eigenvalue weighted by Gasteiger charge is 2.62. The van der Waals surface area contributed by atoms with E-state index in [-0.39, 0.29) is 35.6 Å². The zero-order valence-electron chi connectivity index (χ0n) is 18.0. The molecule has 6 heteroatoms. The summed E-state index contributed by atoms with van der Waals surface area (Å²) >= 11 is 0. The van der Waals surface area contributed by atoms with Crippen molar-refractivity contribution in [3.05, 3.63) is 12.3 Å². The Bertz CT molecular complexity index is 699. The summed E-state index contributed by atoms with van der Waals surface area (Å²) in [6.45, 7) is 7.21. The van der Waals surface area contributed by atoms with Crippen LogP contribution in [0.3, 0.4) is 0 Å². The van der Waals surface area contributed by atoms with Crippen LogP contribution in [0, 0.1) is 35.0 Å². The van der Waals surface area contributed by atoms with Gasteiger partial charge in [0.05, 0.1) is 6.26 Å². The summed E-state index contributed by atoms with van der Waals surface area (Å²) in [6, 6.07) is 0. The van der Waals surface area contributed by atoms with Crippen molar-refractivity contribution in [1.82, 2.24) is 0 Å². The highest BCUT2D eigenvalue weighted by molar-refractivity contribution is 5.67. The lowest BCUT2D eigenvalue weighted by molar-refractivity contribution is -0.177. The fourth-order valence-electron chi connectivity index (χ4n) is 6.86. The van der Waals surface area contributed by atoms with E-state index in [0.29, 0.717) is 17.8 Å². The molecule has 0 aromatic carbocycles. The van der Waals surface area contributed by atoms with Gasteiger partial charge in [-0.05, 0) is 81.1 Å². The first kappa shape index (κ1) is 21.8. The van der Waals surface area contributed by atoms with Crippen LogP contribution in [0.25, 0.3) is 0 Å². The summed E-state index contributed by atoms with van der Waals surface area (Å²) < 4.78 is 10.9. The van der Waals surface area contributed by atoms with Gasteiger partial charge in [-0.1, -0.05) is 6.92 Å². The van der Waals surface area contributed by atoms with E-state index in [1.807, 2.05) is 6.08 Å². The van der Waals surface area contributed by atoms with Gasteiger partial charge in [-0.25, -0.2) is 0 Å². The standard InChI is InChI=1S/C23H34O6/c1-14(24)28-12-9-17-16(13-21(26)27)5-6-19-18(17)7-10-22(3)20(19)8-11-23(22,4)29-15(2)25/h9,12,16-20H,5-8,10-11,13H2,1-4H3,(H,26,27)/b12-9+/t16-,17-,18+,19+,20-,22-,23-/m0/s1. The number of carbonyl (C=O) groups excluding carboxylic acids is 2. The van der Waals surface area contributed by atoms with Crippen molar-refractivity contribution < 1.29 is 29.0 Å². The lowest BCUT2D eigenvalue weighted by atomic mass is 9.50. The van der Waals surface area contributed by atoms with E-state index in [1.54, 1.807) is 0 Å². The van der Waals surface area contributed by atoms with Crippen LogP contribution in [0.1, 0.15) is 72.6 Å². The first-order valence-corrected chi connectivity index (χ1v) is 10.8. The minimum Gasteiger partial charge on any atom is -0.481 e. The van der Waals surface area contributed by atoms with Gasteiger partial charge < -0.3 is 14.6 Å². The third kappa shape index (κ3) is 4.08. The van der Waals surface area contributed by atoms with Crippen molar-refractivity contribution in [2.45, 2.75) is 78.2 Å². The number of esters is 2. The normalized spacial score (nSPS) is 41.4. The van der Waals surface area contributed by atoms with Crippen molar-refractivity contribution in [2.24, 2.45) is 35.0 Å². The van der Waals surface area contributed by atoms with Gasteiger partial charge in [-0.15, -0.1) is 0 Å². The number of hydrogen-bond acceptors (Lipinski definition) is 5. The number of allylic oxidation sites excluding steroid dienone is 1. The zero-order valence-corrected chi connectivity index (χ0v) is 18.0. The van der Waals surface area contributed by atoms with Gasteiger partial charge in [0.15, 0.2) is 0 Å². The topological polar surface area (TPSA) is 89.9 Å². The average Bonchev–Trinajstić information content (AvgIpc) is 2.86. The predicted molar refractivity (Wildman–Crippen MR) is 107 cm³/mol. The minimum absolute atomic E-state index is 0.0520. The molecule has 0 bridgehead atoms. The lowest BCUT2D eigenvalue weighted by Gasteiger charge is -2.55. The lowest BCUT2D eigenvalue weighted by Crippen LogP contribution is -2.53. The Hall–Kier alpha value is -1.85. The molecule has 0 heterocycles. The third-order valence-corrected chi connectivity index (χ3v) is 8.27. The number of fused-ring (bicyclic) bond motifs is 3. The van der Waals surface area contributed by atoms with E-state index in [2.05, 4.69) is 13.8 Å². The molecule has 0 radical (unpaired) electrons. The minimum atomic E-state index is -0.775. The molecule has 6 nitrogen and oxygen atoms in total. The second-order valence-electron chi connectivity index (χ2n) is 9.70. The number of rotatable bonds is 5. The molecule has 3 saturated carbocycles. The molecule has 1 N–H and O–H groups in total. The van der Waals surface area contributed by atoms with E-state index in [9.17, 15) is 19.5 Å². The smallest absolute Gasteiger partial charge is 0.307 e. The van der Waals surface area contributed by atoms with Crippen molar-refractivity contribution in [1.29, 1.82) is 0 Å². The van der Waals surface area contributed by atoms with E-state index in [0.717, 1.165) is 38.5 Å². The molecule has 0 spiro atoms. The summed E-state index contributed by atoms with van der Waals surface area (Å²) in [4.78, 5) is 34.3. The number of carboxylic acids is 1. The van der Waals surface area contributed by atoms with Crippen LogP contribution in [0.2, 0.25) is 0 Å². The molecule has 7 atom stereocenters. The Morgan fingerprint density at radius 2 is 1.72 bits per heavy atom. The van der Waals surface area contributed by atoms with Crippen LogP contribution in [0.4, 0.5) is 0 Å². The largest absolute Gasteiger partial charge is 0.481 e. The van der Waals surface area contributed by atoms with Crippen LogP contribution in [-0.2, 0) is 23.9 Å². The van der Waals surface area contributed by atoms with Gasteiger partial charge in [-0.3, -0.25) is 14.4 Å². The van der Waals surface area contributed by atoms with Gasteiger partial charge in [0.2, 0.25) is 0 Å². The van der Waals surface area contributed by atoms with E-state index in [1.165, 1.54) is 20.1 Å². The molecule has 0 saturated heterocycles. The van der Waals surface area contributed by atoms with Gasteiger partial charge >= 0.3 is 17.9 Å². The van der Waals surface area contributed by atoms with Crippen molar-refractivity contribution >= 4 is 17.9 Å². The van der Waals surface area contributed by atoms with Gasteiger partial charge in [0.1, 0.15) is 5.60 Å². The van der Waals surface area contributed by atoms with Crippen molar-refractivity contribution in [3.8, 4) is 0 Å². The SMILES string of the molecule is CC(=O)O/C=C/[C@H]1[C@H](CC(=O)O)CC[C@@H]2[C@@H]1CC[C@@]1(C)[C@H]2CC[C@]1(C)OC(C)=O. The van der Waals surface area contributed by atoms with Crippen LogP contribution in [0.5, 0.6) is 0 Å². The van der Waals surface area contributed by atoms with Crippen LogP contribution >= 0.6 is 0 Å². The Morgan fingerprint density at radius 1 is 1.00 bits per heavy atom. The Morgan fingerprint density at radius 3 is 2.34 bits per heavy atom. The number of ether oxygens (including phenoxy) is 2. The molecule has 3 fully saturated rings. The highest BCUT2D eigenvalue weighted by atomic mass is 16.6. The molecule has 0 unspecified atom stereocenters. The molecule has 0 amide bonds. The zero-order chi connectivity index (χ0) is 21.4. The number of hydrogen-bond donors (Lipinski definition) is 1. The molecule has 3 rings (SSSR count). The maximum Gasteiger partial charge on any atom is 0.307 e. The summed E-state index contributed by atoms with van der Waals surface area (Å²) in [5.74, 6) is 0.0991. The summed E-state index contributed by atoms with van der Waals surface area (Å²) in [5.41, 5.74) is -0.487. The Labute approximate surface area is 173 Å². The number of carboxylic acid groups (broad SMARTS) is 1. The molecular formula is C23H34O6. The monoisotopic (exact) mass is 406 g/mol. The summed E-state index contributed by atoms with van der Waals surface area (Å²) in [7, 11) is 0. The van der Waals surface area contributed by atoms with Gasteiger partial charge in [0.25, 0.3) is 0 Å². The second-order valence-corrected chi connectivity index (χ2v) is 9.70. The summed E-state index contributed by atoms with van der Waals surface area (Å²) in [6.07, 6.45) is 9.24. The number of carbonyl (C=O) groups is 3. The van der Waals surface area contributed by atoms with Crippen molar-refractivity contribution in [2.75, 3.05) is 0 Å². The first-order chi connectivity index (χ1) is 13.6. The van der Waals surface area contributed by atoms with E-state index < -0.39 is 11.6 Å². The molecule has 0 aliphatic heterocycles. The molecule has 0 aromatic heterocycles. The third-order valence-electron chi connectivity index (χ3n) is 8.27. The molecular weight excluding hydrogens is 372 g/mol. The Balaban J connectivity index is 1.85. The predicted octanol–water partition coefficient (Wildman–Crippen LogP) is 4.33. The Kier molecular flexibility index (Phi) is 6.11. The second kappa shape index (κ2) is 8.11. The number of aliphatic carboxylic acids is 1. The van der Waals surface area contributed by atoms with Crippen LogP contribution in [0.15, 0.2) is 12.3 Å². The molecule has 3 aliphatic rings. The molecule has 162 valence electrons. The fourth-order valence-corrected chi connectivity index (χ4v) is 6.86. The summed E-state index contributed by atoms with van der Waals surface area (Å²) in [5, 5.41) is 9.38. The maximum atomic E-state index is 11.7.